The molecule has 0 saturated carbocycles. The summed E-state index contributed by atoms with van der Waals surface area (Å²) < 4.78 is 5.37. The molecule has 0 atom stereocenters. The molecule has 2 aromatic rings. The van der Waals surface area contributed by atoms with E-state index in [2.05, 4.69) is 4.98 Å². The molecule has 0 amide bonds. The highest BCUT2D eigenvalue weighted by Gasteiger charge is 2.15. The summed E-state index contributed by atoms with van der Waals surface area (Å²) in [5.41, 5.74) is 3.57. The van der Waals surface area contributed by atoms with Crippen LogP contribution in [0.4, 0.5) is 0 Å². The molecule has 1 N–H and O–H groups in total. The first-order valence-electron chi connectivity index (χ1n) is 5.37. The van der Waals surface area contributed by atoms with Crippen molar-refractivity contribution in [3.63, 3.8) is 0 Å². The van der Waals surface area contributed by atoms with Crippen LogP contribution in [-0.4, -0.2) is 23.2 Å². The number of thiazole rings is 1. The van der Waals surface area contributed by atoms with E-state index < -0.39 is 5.97 Å². The molecule has 0 bridgehead atoms. The van der Waals surface area contributed by atoms with Gasteiger partial charge in [-0.3, -0.25) is 0 Å². The van der Waals surface area contributed by atoms with Crippen molar-refractivity contribution in [2.75, 3.05) is 7.11 Å². The van der Waals surface area contributed by atoms with E-state index in [1.54, 1.807) is 12.5 Å². The average Bonchev–Trinajstić information content (AvgIpc) is 2.77. The van der Waals surface area contributed by atoms with Crippen LogP contribution < -0.4 is 4.74 Å². The van der Waals surface area contributed by atoms with Crippen molar-refractivity contribution in [3.8, 4) is 17.0 Å². The van der Waals surface area contributed by atoms with Gasteiger partial charge in [-0.2, -0.15) is 0 Å². The third kappa shape index (κ3) is 2.22. The quantitative estimate of drug-likeness (QED) is 0.924. The molecule has 0 spiro atoms. The van der Waals surface area contributed by atoms with Gasteiger partial charge in [0.05, 0.1) is 12.8 Å². The molecule has 0 aliphatic heterocycles. The SMILES string of the molecule is COc1c(C)cc(C)cc1-c1csc(C(=O)O)n1. The molecule has 5 heteroatoms. The van der Waals surface area contributed by atoms with E-state index in [4.69, 9.17) is 9.84 Å². The van der Waals surface area contributed by atoms with Gasteiger partial charge >= 0.3 is 5.97 Å². The van der Waals surface area contributed by atoms with Gasteiger partial charge in [0.25, 0.3) is 0 Å². The van der Waals surface area contributed by atoms with Crippen LogP contribution in [0, 0.1) is 13.8 Å². The van der Waals surface area contributed by atoms with Gasteiger partial charge in [0.15, 0.2) is 0 Å². The Bertz CT molecular complexity index is 604. The smallest absolute Gasteiger partial charge is 0.365 e. The van der Waals surface area contributed by atoms with Crippen LogP contribution >= 0.6 is 11.3 Å². The maximum absolute atomic E-state index is 10.9. The number of rotatable bonds is 3. The second kappa shape index (κ2) is 4.78. The van der Waals surface area contributed by atoms with E-state index in [9.17, 15) is 4.79 Å². The number of carbonyl (C=O) groups is 1. The summed E-state index contributed by atoms with van der Waals surface area (Å²) in [6.45, 7) is 3.94. The molecule has 18 heavy (non-hydrogen) atoms. The minimum Gasteiger partial charge on any atom is -0.496 e. The van der Waals surface area contributed by atoms with Gasteiger partial charge in [0.2, 0.25) is 5.01 Å². The lowest BCUT2D eigenvalue weighted by atomic mass is 10.0. The summed E-state index contributed by atoms with van der Waals surface area (Å²) in [5.74, 6) is -0.266. The van der Waals surface area contributed by atoms with Gasteiger partial charge in [-0.1, -0.05) is 6.07 Å². The van der Waals surface area contributed by atoms with E-state index in [0.717, 1.165) is 33.8 Å². The second-order valence-corrected chi connectivity index (χ2v) is 4.86. The highest BCUT2D eigenvalue weighted by Crippen LogP contribution is 2.34. The Kier molecular flexibility index (Phi) is 3.34. The number of nitrogens with zero attached hydrogens (tertiary/aromatic N) is 1. The van der Waals surface area contributed by atoms with Gasteiger partial charge < -0.3 is 9.84 Å². The van der Waals surface area contributed by atoms with Gasteiger partial charge in [-0.25, -0.2) is 9.78 Å². The van der Waals surface area contributed by atoms with Crippen LogP contribution in [0.5, 0.6) is 5.75 Å². The summed E-state index contributed by atoms with van der Waals surface area (Å²) in [4.78, 5) is 15.0. The third-order valence-corrected chi connectivity index (χ3v) is 3.42. The zero-order valence-electron chi connectivity index (χ0n) is 10.4. The highest BCUT2D eigenvalue weighted by atomic mass is 32.1. The monoisotopic (exact) mass is 263 g/mol. The lowest BCUT2D eigenvalue weighted by Gasteiger charge is -2.11. The first-order chi connectivity index (χ1) is 8.52. The van der Waals surface area contributed by atoms with E-state index in [0.29, 0.717) is 5.69 Å². The van der Waals surface area contributed by atoms with E-state index in [1.165, 1.54) is 0 Å². The number of aromatic nitrogens is 1. The van der Waals surface area contributed by atoms with Crippen molar-refractivity contribution >= 4 is 17.3 Å². The Morgan fingerprint density at radius 3 is 2.67 bits per heavy atom. The molecule has 0 fully saturated rings. The molecule has 0 aliphatic rings. The first-order valence-corrected chi connectivity index (χ1v) is 6.25. The summed E-state index contributed by atoms with van der Waals surface area (Å²) in [7, 11) is 1.60. The van der Waals surface area contributed by atoms with Crippen molar-refractivity contribution in [1.29, 1.82) is 0 Å². The Hall–Kier alpha value is -1.88. The predicted octanol–water partition coefficient (Wildman–Crippen LogP) is 3.13. The van der Waals surface area contributed by atoms with E-state index >= 15 is 0 Å². The summed E-state index contributed by atoms with van der Waals surface area (Å²) in [5, 5.41) is 10.7. The van der Waals surface area contributed by atoms with Crippen LogP contribution in [0.2, 0.25) is 0 Å². The zero-order valence-corrected chi connectivity index (χ0v) is 11.2. The van der Waals surface area contributed by atoms with Crippen molar-refractivity contribution in [2.45, 2.75) is 13.8 Å². The minimum atomic E-state index is -1.01. The molecule has 0 unspecified atom stereocenters. The van der Waals surface area contributed by atoms with E-state index in [-0.39, 0.29) is 5.01 Å². The number of hydrogen-bond donors (Lipinski definition) is 1. The number of methoxy groups -OCH3 is 1. The minimum absolute atomic E-state index is 0.0891. The van der Waals surface area contributed by atoms with Crippen LogP contribution in [-0.2, 0) is 0 Å². The molecule has 0 radical (unpaired) electrons. The van der Waals surface area contributed by atoms with Crippen LogP contribution in [0.3, 0.4) is 0 Å². The van der Waals surface area contributed by atoms with E-state index in [1.807, 2.05) is 26.0 Å². The fourth-order valence-corrected chi connectivity index (χ4v) is 2.57. The maximum Gasteiger partial charge on any atom is 0.365 e. The van der Waals surface area contributed by atoms with Crippen molar-refractivity contribution in [3.05, 3.63) is 33.6 Å². The number of aromatic carboxylic acids is 1. The highest BCUT2D eigenvalue weighted by molar-refractivity contribution is 7.11. The van der Waals surface area contributed by atoms with Crippen molar-refractivity contribution in [1.82, 2.24) is 4.98 Å². The Labute approximate surface area is 109 Å². The average molecular weight is 263 g/mol. The largest absolute Gasteiger partial charge is 0.496 e. The number of carboxylic acid groups (broad SMARTS) is 1. The van der Waals surface area contributed by atoms with Crippen molar-refractivity contribution < 1.29 is 14.6 Å². The molecular formula is C13H13NO3S. The van der Waals surface area contributed by atoms with Gasteiger partial charge in [0, 0.05) is 10.9 Å². The fraction of sp³-hybridized carbons (Fsp3) is 0.231. The zero-order chi connectivity index (χ0) is 13.3. The first kappa shape index (κ1) is 12.6. The maximum atomic E-state index is 10.9. The fourth-order valence-electron chi connectivity index (χ4n) is 1.91. The predicted molar refractivity (Wildman–Crippen MR) is 70.5 cm³/mol. The Balaban J connectivity index is 2.58. The van der Waals surface area contributed by atoms with Crippen LogP contribution in [0.1, 0.15) is 20.9 Å². The Morgan fingerprint density at radius 1 is 1.39 bits per heavy atom. The molecule has 2 rings (SSSR count). The van der Waals surface area contributed by atoms with Gasteiger partial charge in [-0.15, -0.1) is 11.3 Å². The molecule has 1 aromatic carbocycles. The topological polar surface area (TPSA) is 59.4 Å². The molecule has 0 aliphatic carbocycles. The normalized spacial score (nSPS) is 10.4. The third-order valence-electron chi connectivity index (χ3n) is 2.59. The summed E-state index contributed by atoms with van der Waals surface area (Å²) >= 11 is 1.12. The number of carboxylic acids is 1. The lowest BCUT2D eigenvalue weighted by molar-refractivity contribution is 0.0696. The second-order valence-electron chi connectivity index (χ2n) is 4.01. The summed E-state index contributed by atoms with van der Waals surface area (Å²) in [6, 6.07) is 3.97. The van der Waals surface area contributed by atoms with Crippen LogP contribution in [0.25, 0.3) is 11.3 Å². The molecule has 4 nitrogen and oxygen atoms in total. The number of ether oxygens (including phenoxy) is 1. The molecule has 94 valence electrons. The number of benzene rings is 1. The lowest BCUT2D eigenvalue weighted by Crippen LogP contribution is -1.96. The molecular weight excluding hydrogens is 250 g/mol. The molecule has 0 saturated heterocycles. The summed E-state index contributed by atoms with van der Waals surface area (Å²) in [6.07, 6.45) is 0. The molecule has 1 aromatic heterocycles. The number of aryl methyl sites for hydroxylation is 2. The standard InChI is InChI=1S/C13H13NO3S/c1-7-4-8(2)11(17-3)9(5-7)10-6-18-12(14-10)13(15)16/h4-6H,1-3H3,(H,15,16). The van der Waals surface area contributed by atoms with Gasteiger partial charge in [0.1, 0.15) is 5.75 Å². The van der Waals surface area contributed by atoms with Gasteiger partial charge in [-0.05, 0) is 31.0 Å². The van der Waals surface area contributed by atoms with Crippen molar-refractivity contribution in [2.24, 2.45) is 0 Å². The molecule has 1 heterocycles. The Morgan fingerprint density at radius 2 is 2.11 bits per heavy atom. The van der Waals surface area contributed by atoms with Crippen LogP contribution in [0.15, 0.2) is 17.5 Å². The number of hydrogen-bond acceptors (Lipinski definition) is 4.